The topological polar surface area (TPSA) is 66.9 Å². The quantitative estimate of drug-likeness (QED) is 0.833. The lowest BCUT2D eigenvalue weighted by atomic mass is 10.1. The van der Waals surface area contributed by atoms with Gasteiger partial charge in [0, 0.05) is 11.7 Å². The summed E-state index contributed by atoms with van der Waals surface area (Å²) in [6.45, 7) is 0. The Balaban J connectivity index is 1.58. The van der Waals surface area contributed by atoms with E-state index in [0.717, 1.165) is 12.8 Å². The van der Waals surface area contributed by atoms with Crippen LogP contribution in [0.2, 0.25) is 0 Å². The van der Waals surface area contributed by atoms with E-state index < -0.39 is 0 Å². The highest BCUT2D eigenvalue weighted by molar-refractivity contribution is 6.02. The molecule has 0 spiro atoms. The zero-order valence-corrected chi connectivity index (χ0v) is 13.5. The van der Waals surface area contributed by atoms with Crippen molar-refractivity contribution in [3.05, 3.63) is 47.9 Å². The molecule has 5 nitrogen and oxygen atoms in total. The van der Waals surface area contributed by atoms with Gasteiger partial charge in [-0.3, -0.25) is 4.79 Å². The number of hydrogen-bond acceptors (Lipinski definition) is 4. The molecule has 0 bridgehead atoms. The first-order valence-corrected chi connectivity index (χ1v) is 8.38. The van der Waals surface area contributed by atoms with Gasteiger partial charge >= 0.3 is 0 Å². The number of rotatable bonds is 4. The van der Waals surface area contributed by atoms with Crippen LogP contribution in [0.1, 0.15) is 49.0 Å². The Morgan fingerprint density at radius 3 is 2.29 bits per heavy atom. The van der Waals surface area contributed by atoms with Crippen molar-refractivity contribution in [1.29, 1.82) is 0 Å². The Morgan fingerprint density at radius 2 is 1.67 bits per heavy atom. The monoisotopic (exact) mass is 328 g/mol. The summed E-state index contributed by atoms with van der Waals surface area (Å²) >= 11 is 0. The Kier molecular flexibility index (Phi) is 5.36. The highest BCUT2D eigenvalue weighted by Crippen LogP contribution is 2.20. The molecular formula is C18H21FN4O. The van der Waals surface area contributed by atoms with Gasteiger partial charge in [-0.2, -0.15) is 0 Å². The standard InChI is InChI=1S/C18H21FN4O/c19-13-7-9-15(10-8-13)21-18(24)16-11-12-17(23-22-16)20-14-5-3-1-2-4-6-14/h7-12,14H,1-6H2,(H,20,23)(H,21,24). The third-order valence-corrected chi connectivity index (χ3v) is 4.21. The van der Waals surface area contributed by atoms with E-state index in [2.05, 4.69) is 20.8 Å². The number of nitrogens with one attached hydrogen (secondary N) is 2. The maximum atomic E-state index is 12.9. The van der Waals surface area contributed by atoms with Crippen molar-refractivity contribution in [2.75, 3.05) is 10.6 Å². The highest BCUT2D eigenvalue weighted by Gasteiger charge is 2.13. The van der Waals surface area contributed by atoms with E-state index in [4.69, 9.17) is 0 Å². The minimum atomic E-state index is -0.366. The molecule has 1 fully saturated rings. The van der Waals surface area contributed by atoms with Gasteiger partial charge in [-0.1, -0.05) is 25.7 Å². The fourth-order valence-corrected chi connectivity index (χ4v) is 2.89. The average molecular weight is 328 g/mol. The lowest BCUT2D eigenvalue weighted by molar-refractivity contribution is 0.102. The maximum Gasteiger partial charge on any atom is 0.276 e. The maximum absolute atomic E-state index is 12.9. The first kappa shape index (κ1) is 16.4. The Bertz CT molecular complexity index is 664. The summed E-state index contributed by atoms with van der Waals surface area (Å²) in [7, 11) is 0. The molecule has 24 heavy (non-hydrogen) atoms. The van der Waals surface area contributed by atoms with Crippen LogP contribution in [0.5, 0.6) is 0 Å². The largest absolute Gasteiger partial charge is 0.366 e. The Hall–Kier alpha value is -2.50. The van der Waals surface area contributed by atoms with E-state index in [1.165, 1.54) is 49.9 Å². The lowest BCUT2D eigenvalue weighted by Gasteiger charge is -2.16. The minimum absolute atomic E-state index is 0.228. The SMILES string of the molecule is O=C(Nc1ccc(F)cc1)c1ccc(NC2CCCCCC2)nn1. The molecule has 2 aromatic rings. The molecule has 1 aromatic heterocycles. The lowest BCUT2D eigenvalue weighted by Crippen LogP contribution is -2.20. The van der Waals surface area contributed by atoms with Gasteiger partial charge in [-0.15, -0.1) is 10.2 Å². The average Bonchev–Trinajstić information content (AvgIpc) is 2.86. The number of carbonyl (C=O) groups is 1. The van der Waals surface area contributed by atoms with Crippen LogP contribution in [0.25, 0.3) is 0 Å². The number of amides is 1. The third-order valence-electron chi connectivity index (χ3n) is 4.21. The van der Waals surface area contributed by atoms with Gasteiger partial charge in [0.1, 0.15) is 11.6 Å². The minimum Gasteiger partial charge on any atom is -0.366 e. The van der Waals surface area contributed by atoms with Crippen LogP contribution in [0.15, 0.2) is 36.4 Å². The zero-order chi connectivity index (χ0) is 16.8. The predicted octanol–water partition coefficient (Wildman–Crippen LogP) is 4.00. The molecule has 0 atom stereocenters. The van der Waals surface area contributed by atoms with Crippen LogP contribution in [-0.2, 0) is 0 Å². The molecule has 3 rings (SSSR count). The number of anilines is 2. The van der Waals surface area contributed by atoms with Gasteiger partial charge in [-0.25, -0.2) is 4.39 Å². The van der Waals surface area contributed by atoms with Gasteiger partial charge in [0.05, 0.1) is 0 Å². The predicted molar refractivity (Wildman–Crippen MR) is 91.5 cm³/mol. The second-order valence-electron chi connectivity index (χ2n) is 6.10. The Labute approximate surface area is 140 Å². The first-order chi connectivity index (χ1) is 11.7. The molecule has 1 aliphatic rings. The number of hydrogen-bond donors (Lipinski definition) is 2. The van der Waals surface area contributed by atoms with E-state index in [1.54, 1.807) is 12.1 Å². The van der Waals surface area contributed by atoms with Gasteiger partial charge in [0.25, 0.3) is 5.91 Å². The summed E-state index contributed by atoms with van der Waals surface area (Å²) in [5, 5.41) is 14.1. The number of halogens is 1. The zero-order valence-electron chi connectivity index (χ0n) is 13.5. The van der Waals surface area contributed by atoms with Crippen molar-refractivity contribution in [2.45, 2.75) is 44.6 Å². The molecule has 1 heterocycles. The molecule has 0 saturated heterocycles. The molecule has 126 valence electrons. The normalized spacial score (nSPS) is 15.5. The van der Waals surface area contributed by atoms with Crippen molar-refractivity contribution in [3.8, 4) is 0 Å². The van der Waals surface area contributed by atoms with E-state index in [-0.39, 0.29) is 17.4 Å². The van der Waals surface area contributed by atoms with Crippen molar-refractivity contribution in [1.82, 2.24) is 10.2 Å². The van der Waals surface area contributed by atoms with E-state index >= 15 is 0 Å². The van der Waals surface area contributed by atoms with Crippen molar-refractivity contribution in [3.63, 3.8) is 0 Å². The molecule has 2 N–H and O–H groups in total. The van der Waals surface area contributed by atoms with Crippen LogP contribution in [-0.4, -0.2) is 22.1 Å². The van der Waals surface area contributed by atoms with Crippen molar-refractivity contribution in [2.24, 2.45) is 0 Å². The molecule has 1 amide bonds. The Morgan fingerprint density at radius 1 is 0.958 bits per heavy atom. The number of aromatic nitrogens is 2. The molecule has 1 aromatic carbocycles. The van der Waals surface area contributed by atoms with E-state index in [1.807, 2.05) is 0 Å². The van der Waals surface area contributed by atoms with E-state index in [9.17, 15) is 9.18 Å². The summed E-state index contributed by atoms with van der Waals surface area (Å²) < 4.78 is 12.9. The highest BCUT2D eigenvalue weighted by atomic mass is 19.1. The second kappa shape index (κ2) is 7.86. The second-order valence-corrected chi connectivity index (χ2v) is 6.10. The molecular weight excluding hydrogens is 307 g/mol. The van der Waals surface area contributed by atoms with Gasteiger partial charge in [-0.05, 0) is 49.2 Å². The van der Waals surface area contributed by atoms with Crippen LogP contribution in [0, 0.1) is 5.82 Å². The molecule has 1 saturated carbocycles. The molecule has 0 radical (unpaired) electrons. The van der Waals surface area contributed by atoms with Crippen LogP contribution in [0.4, 0.5) is 15.9 Å². The van der Waals surface area contributed by atoms with Crippen LogP contribution < -0.4 is 10.6 Å². The summed E-state index contributed by atoms with van der Waals surface area (Å²) in [6.07, 6.45) is 7.37. The summed E-state index contributed by atoms with van der Waals surface area (Å²) in [5.74, 6) is -0.0166. The van der Waals surface area contributed by atoms with Crippen molar-refractivity contribution < 1.29 is 9.18 Å². The number of nitrogens with zero attached hydrogens (tertiary/aromatic N) is 2. The van der Waals surface area contributed by atoms with Crippen molar-refractivity contribution >= 4 is 17.4 Å². The fourth-order valence-electron chi connectivity index (χ4n) is 2.89. The molecule has 6 heteroatoms. The van der Waals surface area contributed by atoms with Gasteiger partial charge in [0.15, 0.2) is 5.69 Å². The molecule has 0 aliphatic heterocycles. The summed E-state index contributed by atoms with van der Waals surface area (Å²) in [5.41, 5.74) is 0.745. The smallest absolute Gasteiger partial charge is 0.276 e. The number of benzene rings is 1. The molecule has 0 unspecified atom stereocenters. The van der Waals surface area contributed by atoms with Crippen LogP contribution in [0.3, 0.4) is 0 Å². The number of carbonyl (C=O) groups excluding carboxylic acids is 1. The fraction of sp³-hybridized carbons (Fsp3) is 0.389. The van der Waals surface area contributed by atoms with E-state index in [0.29, 0.717) is 17.5 Å². The van der Waals surface area contributed by atoms with Gasteiger partial charge < -0.3 is 10.6 Å². The summed E-state index contributed by atoms with van der Waals surface area (Å²) in [6, 6.07) is 9.44. The van der Waals surface area contributed by atoms with Crippen LogP contribution >= 0.6 is 0 Å². The first-order valence-electron chi connectivity index (χ1n) is 8.38. The third kappa shape index (κ3) is 4.50. The molecule has 1 aliphatic carbocycles. The van der Waals surface area contributed by atoms with Gasteiger partial charge in [0.2, 0.25) is 0 Å². The summed E-state index contributed by atoms with van der Waals surface area (Å²) in [4.78, 5) is 12.1.